The molecule has 0 aliphatic carbocycles. The molecule has 0 spiro atoms. The summed E-state index contributed by atoms with van der Waals surface area (Å²) >= 11 is 14.9. The number of alkyl halides is 1. The highest BCUT2D eigenvalue weighted by Gasteiger charge is 2.33. The minimum atomic E-state index is -3.80. The van der Waals surface area contributed by atoms with Crippen molar-refractivity contribution in [1.82, 2.24) is 0 Å². The lowest BCUT2D eigenvalue weighted by atomic mass is 10.4. The molecular weight excluding hydrogens is 426 g/mol. The smallest absolute Gasteiger partial charge is 0.326 e. The third-order valence-corrected chi connectivity index (χ3v) is 19.6. The summed E-state index contributed by atoms with van der Waals surface area (Å²) in [5.74, 6) is 3.44. The second kappa shape index (κ2) is 14.8. The molecule has 3 N–H and O–H groups in total. The van der Waals surface area contributed by atoms with Crippen LogP contribution in [0.15, 0.2) is 0 Å². The van der Waals surface area contributed by atoms with Gasteiger partial charge in [0.1, 0.15) is 0 Å². The van der Waals surface area contributed by atoms with E-state index in [1.165, 1.54) is 38.5 Å². The van der Waals surface area contributed by atoms with Crippen LogP contribution in [-0.4, -0.2) is 44.0 Å². The Labute approximate surface area is 165 Å². The molecule has 1 unspecified atom stereocenters. The molecule has 0 amide bonds. The van der Waals surface area contributed by atoms with E-state index in [1.807, 2.05) is 0 Å². The number of halogens is 1. The van der Waals surface area contributed by atoms with Gasteiger partial charge in [-0.15, -0.1) is 23.8 Å². The van der Waals surface area contributed by atoms with Crippen LogP contribution in [0.5, 0.6) is 0 Å². The Morgan fingerprint density at radius 2 is 1.29 bits per heavy atom. The van der Waals surface area contributed by atoms with E-state index < -0.39 is 21.9 Å². The highest BCUT2D eigenvalue weighted by atomic mass is 35.5. The van der Waals surface area contributed by atoms with Gasteiger partial charge in [-0.3, -0.25) is 4.57 Å². The summed E-state index contributed by atoms with van der Waals surface area (Å²) in [6.07, 6.45) is 6.93. The van der Waals surface area contributed by atoms with Crippen LogP contribution in [-0.2, 0) is 16.4 Å². The van der Waals surface area contributed by atoms with Crippen LogP contribution < -0.4 is 0 Å². The Morgan fingerprint density at radius 3 is 1.42 bits per heavy atom. The Balaban J connectivity index is 0. The van der Waals surface area contributed by atoms with Crippen molar-refractivity contribution in [1.29, 1.82) is 0 Å². The fourth-order valence-electron chi connectivity index (χ4n) is 2.01. The van der Waals surface area contributed by atoms with Crippen molar-refractivity contribution in [2.75, 3.05) is 29.3 Å². The maximum Gasteiger partial charge on any atom is 0.326 e. The zero-order valence-electron chi connectivity index (χ0n) is 15.1. The predicted octanol–water partition coefficient (Wildman–Crippen LogP) is 5.74. The van der Waals surface area contributed by atoms with Crippen LogP contribution in [0.25, 0.3) is 0 Å². The molecular formula is C14H35ClO4P2S3. The van der Waals surface area contributed by atoms with Gasteiger partial charge >= 0.3 is 7.60 Å². The Kier molecular flexibility index (Phi) is 17.2. The first-order valence-electron chi connectivity index (χ1n) is 8.42. The number of thiol groups is 1. The van der Waals surface area contributed by atoms with Gasteiger partial charge in [0, 0.05) is 5.88 Å². The molecule has 0 aromatic carbocycles. The van der Waals surface area contributed by atoms with Crippen molar-refractivity contribution < 1.29 is 19.2 Å². The lowest BCUT2D eigenvalue weighted by molar-refractivity contribution is 0.375. The molecule has 0 heterocycles. The van der Waals surface area contributed by atoms with E-state index in [0.29, 0.717) is 0 Å². The number of unbranched alkanes of at least 4 members (excludes halogenated alkanes) is 3. The SMILES string of the molecule is CCCCS(CCCC)(CCCC)P(O)(=S)S.O=P(O)(O)CCCl. The lowest BCUT2D eigenvalue weighted by Crippen LogP contribution is -2.13. The highest BCUT2D eigenvalue weighted by molar-refractivity contribution is 9.05. The van der Waals surface area contributed by atoms with Crippen molar-refractivity contribution >= 4 is 57.6 Å². The van der Waals surface area contributed by atoms with Gasteiger partial charge in [-0.1, -0.05) is 40.0 Å². The molecule has 0 aromatic rings. The van der Waals surface area contributed by atoms with E-state index in [-0.39, 0.29) is 12.0 Å². The second-order valence-electron chi connectivity index (χ2n) is 5.74. The van der Waals surface area contributed by atoms with Crippen LogP contribution in [0.4, 0.5) is 0 Å². The summed E-state index contributed by atoms with van der Waals surface area (Å²) in [6.45, 7) is 6.63. The van der Waals surface area contributed by atoms with Crippen LogP contribution >= 0.6 is 45.8 Å². The quantitative estimate of drug-likeness (QED) is 0.170. The van der Waals surface area contributed by atoms with E-state index in [0.717, 1.165) is 17.3 Å². The summed E-state index contributed by atoms with van der Waals surface area (Å²) in [7, 11) is -4.85. The van der Waals surface area contributed by atoms with Crippen LogP contribution in [0, 0.1) is 0 Å². The van der Waals surface area contributed by atoms with Gasteiger partial charge in [-0.05, 0) is 48.3 Å². The Morgan fingerprint density at radius 1 is 0.958 bits per heavy atom. The summed E-state index contributed by atoms with van der Waals surface area (Å²) < 4.78 is 7.46. The fourth-order valence-corrected chi connectivity index (χ4v) is 14.2. The number of hydrogen-bond acceptors (Lipinski definition) is 2. The summed E-state index contributed by atoms with van der Waals surface area (Å²) in [6, 6.07) is 0. The normalized spacial score (nSPS) is 15.3. The van der Waals surface area contributed by atoms with Crippen LogP contribution in [0.2, 0.25) is 0 Å². The van der Waals surface area contributed by atoms with Crippen molar-refractivity contribution in [2.24, 2.45) is 0 Å². The first kappa shape index (κ1) is 28.0. The van der Waals surface area contributed by atoms with Gasteiger partial charge in [0.05, 0.1) is 6.16 Å². The average Bonchev–Trinajstić information content (AvgIpc) is 2.45. The molecule has 0 saturated carbocycles. The topological polar surface area (TPSA) is 77.8 Å². The molecule has 0 aromatic heterocycles. The molecule has 0 fully saturated rings. The van der Waals surface area contributed by atoms with Crippen LogP contribution in [0.1, 0.15) is 59.3 Å². The molecule has 0 radical (unpaired) electrons. The standard InChI is InChI=1S/C12H29OPS3.C2H6ClO3P/c1-4-7-10-17(11-8-5-2,12-9-6-3)14(13,15)16;3-1-2-7(4,5)6/h4-12H2,1-3H3,(H2,13,15,16);1-2H2,(H2,4,5,6). The molecule has 1 atom stereocenters. The molecule has 0 saturated heterocycles. The largest absolute Gasteiger partial charge is 0.351 e. The zero-order chi connectivity index (χ0) is 19.3. The molecule has 0 bridgehead atoms. The van der Waals surface area contributed by atoms with E-state index >= 15 is 0 Å². The van der Waals surface area contributed by atoms with E-state index in [4.69, 9.17) is 33.2 Å². The van der Waals surface area contributed by atoms with Gasteiger partial charge in [-0.2, -0.15) is 9.65 Å². The predicted molar refractivity (Wildman–Crippen MR) is 120 cm³/mol. The van der Waals surface area contributed by atoms with E-state index in [1.54, 1.807) is 0 Å². The molecule has 0 aliphatic rings. The molecule has 24 heavy (non-hydrogen) atoms. The maximum absolute atomic E-state index is 10.4. The van der Waals surface area contributed by atoms with E-state index in [9.17, 15) is 9.46 Å². The molecule has 10 heteroatoms. The molecule has 0 rings (SSSR count). The van der Waals surface area contributed by atoms with Gasteiger partial charge in [0.15, 0.2) is 4.67 Å². The summed E-state index contributed by atoms with van der Waals surface area (Å²) in [5.41, 5.74) is 0. The monoisotopic (exact) mass is 460 g/mol. The van der Waals surface area contributed by atoms with Gasteiger partial charge in [-0.25, -0.2) is 0 Å². The third kappa shape index (κ3) is 13.9. The Hall–Kier alpha value is 1.75. The van der Waals surface area contributed by atoms with Crippen molar-refractivity contribution in [3.8, 4) is 0 Å². The van der Waals surface area contributed by atoms with Crippen LogP contribution in [0.3, 0.4) is 0 Å². The Bertz CT molecular complexity index is 380. The van der Waals surface area contributed by atoms with Crippen molar-refractivity contribution in [2.45, 2.75) is 59.3 Å². The molecule has 150 valence electrons. The maximum atomic E-state index is 10.4. The lowest BCUT2D eigenvalue weighted by Gasteiger charge is -2.44. The van der Waals surface area contributed by atoms with Crippen molar-refractivity contribution in [3.05, 3.63) is 0 Å². The molecule has 4 nitrogen and oxygen atoms in total. The minimum Gasteiger partial charge on any atom is -0.351 e. The first-order valence-corrected chi connectivity index (χ1v) is 17.4. The summed E-state index contributed by atoms with van der Waals surface area (Å²) in [5, 5.41) is 0. The minimum absolute atomic E-state index is 0.0181. The van der Waals surface area contributed by atoms with Gasteiger partial charge < -0.3 is 14.7 Å². The third-order valence-electron chi connectivity index (χ3n) is 3.51. The zero-order valence-corrected chi connectivity index (χ0v) is 20.1. The average molecular weight is 461 g/mol. The number of hydrogen-bond donors (Lipinski definition) is 4. The van der Waals surface area contributed by atoms with Gasteiger partial charge in [0.2, 0.25) is 0 Å². The number of rotatable bonds is 12. The summed E-state index contributed by atoms with van der Waals surface area (Å²) in [4.78, 5) is 26.5. The van der Waals surface area contributed by atoms with E-state index in [2.05, 4.69) is 33.0 Å². The second-order valence-corrected chi connectivity index (χ2v) is 21.6. The van der Waals surface area contributed by atoms with Gasteiger partial charge in [0.25, 0.3) is 0 Å². The molecule has 0 aliphatic heterocycles. The first-order chi connectivity index (χ1) is 11.0. The fraction of sp³-hybridized carbons (Fsp3) is 1.00. The van der Waals surface area contributed by atoms with Crippen molar-refractivity contribution in [3.63, 3.8) is 0 Å². The highest BCUT2D eigenvalue weighted by Crippen LogP contribution is 2.82.